The van der Waals surface area contributed by atoms with Gasteiger partial charge in [0.2, 0.25) is 0 Å². The average molecular weight is 461 g/mol. The van der Waals surface area contributed by atoms with Crippen LogP contribution in [0.15, 0.2) is 39.9 Å². The zero-order valence-electron chi connectivity index (χ0n) is 19.7. The van der Waals surface area contributed by atoms with Gasteiger partial charge in [-0.25, -0.2) is 10.2 Å². The Balaban J connectivity index is 1.71. The fourth-order valence-corrected chi connectivity index (χ4v) is 5.25. The first-order valence-corrected chi connectivity index (χ1v) is 12.7. The lowest BCUT2D eigenvalue weighted by atomic mass is 10.0. The largest absolute Gasteiger partial charge is 0.446 e. The van der Waals surface area contributed by atoms with Gasteiger partial charge in [0.25, 0.3) is 0 Å². The van der Waals surface area contributed by atoms with E-state index < -0.39 is 10.8 Å². The minimum Gasteiger partial charge on any atom is -0.446 e. The molecule has 3 atom stereocenters. The van der Waals surface area contributed by atoms with Gasteiger partial charge in [-0.2, -0.15) is 0 Å². The number of aliphatic imine (C=N–C) groups is 1. The molecule has 3 unspecified atom stereocenters. The zero-order chi connectivity index (χ0) is 23.3. The lowest BCUT2D eigenvalue weighted by molar-refractivity contribution is 0.0973. The third kappa shape index (κ3) is 6.90. The molecule has 0 bridgehead atoms. The minimum absolute atomic E-state index is 0.0564. The zero-order valence-corrected chi connectivity index (χ0v) is 20.6. The number of benzene rings is 1. The van der Waals surface area contributed by atoms with Crippen LogP contribution >= 0.6 is 0 Å². The normalized spacial score (nSPS) is 23.6. The van der Waals surface area contributed by atoms with Gasteiger partial charge in [-0.1, -0.05) is 6.07 Å². The van der Waals surface area contributed by atoms with E-state index in [1.807, 2.05) is 44.3 Å². The summed E-state index contributed by atoms with van der Waals surface area (Å²) in [4.78, 5) is 17.5. The van der Waals surface area contributed by atoms with Crippen molar-refractivity contribution in [2.75, 3.05) is 5.75 Å². The van der Waals surface area contributed by atoms with Crippen molar-refractivity contribution in [1.82, 2.24) is 16.2 Å². The van der Waals surface area contributed by atoms with Crippen LogP contribution in [0.5, 0.6) is 0 Å². The SMILES string of the molecule is CC(C)NC(=O)OC1CCC(/C(=C/C=Nc2cccc3c2CCS3=O)NNC(C)(C)C)C1. The number of carbonyl (C=O) groups is 1. The Labute approximate surface area is 193 Å². The highest BCUT2D eigenvalue weighted by molar-refractivity contribution is 7.85. The molecule has 0 spiro atoms. The van der Waals surface area contributed by atoms with Crippen LogP contribution in [0.2, 0.25) is 0 Å². The average Bonchev–Trinajstić information content (AvgIpc) is 3.30. The maximum Gasteiger partial charge on any atom is 0.407 e. The van der Waals surface area contributed by atoms with Crippen LogP contribution in [0.4, 0.5) is 10.5 Å². The van der Waals surface area contributed by atoms with Gasteiger partial charge in [0.05, 0.1) is 16.5 Å². The number of hydrogen-bond donors (Lipinski definition) is 3. The predicted molar refractivity (Wildman–Crippen MR) is 130 cm³/mol. The Morgan fingerprint density at radius 1 is 1.28 bits per heavy atom. The molecule has 1 fully saturated rings. The molecule has 3 N–H and O–H groups in total. The van der Waals surface area contributed by atoms with E-state index in [1.54, 1.807) is 0 Å². The molecule has 2 aliphatic rings. The molecule has 1 amide bonds. The number of nitrogens with one attached hydrogen (secondary N) is 3. The van der Waals surface area contributed by atoms with E-state index in [0.29, 0.717) is 5.75 Å². The Morgan fingerprint density at radius 2 is 2.06 bits per heavy atom. The van der Waals surface area contributed by atoms with Crippen LogP contribution in [-0.2, 0) is 22.0 Å². The monoisotopic (exact) mass is 460 g/mol. The topological polar surface area (TPSA) is 91.8 Å². The van der Waals surface area contributed by atoms with Gasteiger partial charge < -0.3 is 15.5 Å². The quantitative estimate of drug-likeness (QED) is 0.420. The molecule has 1 aliphatic heterocycles. The van der Waals surface area contributed by atoms with Gasteiger partial charge in [-0.3, -0.25) is 9.20 Å². The fourth-order valence-electron chi connectivity index (χ4n) is 3.93. The molecular weight excluding hydrogens is 424 g/mol. The standard InChI is InChI=1S/C24H36N4O3S/c1-16(2)26-23(29)31-18-10-9-17(15-18)20(27-28-24(3,4)5)11-13-25-21-7-6-8-22-19(21)12-14-32(22)30/h6-8,11,13,16-18,27-28H,9-10,12,14-15H2,1-5H3,(H,26,29)/b20-11-,25-13?. The van der Waals surface area contributed by atoms with Crippen LogP contribution in [0.3, 0.4) is 0 Å². The second-order valence-electron chi connectivity index (χ2n) is 9.79. The van der Waals surface area contributed by atoms with Crippen molar-refractivity contribution in [2.24, 2.45) is 10.9 Å². The number of hydrogen-bond acceptors (Lipinski definition) is 6. The van der Waals surface area contributed by atoms with Crippen molar-refractivity contribution in [3.63, 3.8) is 0 Å². The summed E-state index contributed by atoms with van der Waals surface area (Å²) in [7, 11) is -0.909. The number of nitrogens with zero attached hydrogens (tertiary/aromatic N) is 1. The number of ether oxygens (including phenoxy) is 1. The number of fused-ring (bicyclic) bond motifs is 1. The minimum atomic E-state index is -0.909. The molecule has 1 saturated carbocycles. The maximum atomic E-state index is 12.1. The maximum absolute atomic E-state index is 12.1. The van der Waals surface area contributed by atoms with Crippen molar-refractivity contribution >= 4 is 28.8 Å². The molecule has 176 valence electrons. The van der Waals surface area contributed by atoms with E-state index >= 15 is 0 Å². The third-order valence-electron chi connectivity index (χ3n) is 5.45. The van der Waals surface area contributed by atoms with Gasteiger partial charge >= 0.3 is 6.09 Å². The number of amides is 1. The second kappa shape index (κ2) is 10.6. The van der Waals surface area contributed by atoms with E-state index in [0.717, 1.165) is 47.5 Å². The molecule has 32 heavy (non-hydrogen) atoms. The summed E-state index contributed by atoms with van der Waals surface area (Å²) in [5, 5.41) is 2.79. The van der Waals surface area contributed by atoms with Crippen LogP contribution in [-0.4, -0.2) is 40.0 Å². The molecule has 1 aromatic carbocycles. The first kappa shape index (κ1) is 24.5. The number of carbonyl (C=O) groups excluding carboxylic acids is 1. The Hall–Kier alpha value is -2.19. The van der Waals surface area contributed by atoms with Gasteiger partial charge in [0, 0.05) is 40.1 Å². The summed E-state index contributed by atoms with van der Waals surface area (Å²) >= 11 is 0. The van der Waals surface area contributed by atoms with Crippen molar-refractivity contribution in [3.8, 4) is 0 Å². The second-order valence-corrected chi connectivity index (χ2v) is 11.3. The van der Waals surface area contributed by atoms with E-state index in [9.17, 15) is 9.00 Å². The highest BCUT2D eigenvalue weighted by atomic mass is 32.2. The number of rotatable bonds is 7. The summed E-state index contributed by atoms with van der Waals surface area (Å²) in [5.74, 6) is 0.913. The summed E-state index contributed by atoms with van der Waals surface area (Å²) in [6, 6.07) is 5.88. The van der Waals surface area contributed by atoms with E-state index in [4.69, 9.17) is 4.74 Å². The number of hydrazine groups is 1. The Morgan fingerprint density at radius 3 is 2.78 bits per heavy atom. The van der Waals surface area contributed by atoms with E-state index in [-0.39, 0.29) is 29.7 Å². The summed E-state index contributed by atoms with van der Waals surface area (Å²) in [5.41, 5.74) is 9.59. The molecular formula is C24H36N4O3S. The van der Waals surface area contributed by atoms with Gasteiger partial charge in [-0.05, 0) is 84.1 Å². The first-order chi connectivity index (χ1) is 15.1. The van der Waals surface area contributed by atoms with Crippen LogP contribution in [0.25, 0.3) is 0 Å². The van der Waals surface area contributed by atoms with Gasteiger partial charge in [0.15, 0.2) is 0 Å². The molecule has 1 heterocycles. The molecule has 3 rings (SSSR count). The summed E-state index contributed by atoms with van der Waals surface area (Å²) < 4.78 is 17.7. The molecule has 0 aromatic heterocycles. The lowest BCUT2D eigenvalue weighted by Crippen LogP contribution is -2.46. The Bertz CT molecular complexity index is 905. The molecule has 0 radical (unpaired) electrons. The first-order valence-electron chi connectivity index (χ1n) is 11.4. The van der Waals surface area contributed by atoms with Crippen LogP contribution in [0, 0.1) is 5.92 Å². The number of alkyl carbamates (subject to hydrolysis) is 1. The highest BCUT2D eigenvalue weighted by Gasteiger charge is 2.30. The van der Waals surface area contributed by atoms with Crippen LogP contribution in [0.1, 0.15) is 59.4 Å². The smallest absolute Gasteiger partial charge is 0.407 e. The van der Waals surface area contributed by atoms with Crippen molar-refractivity contribution in [2.45, 2.75) is 82.9 Å². The van der Waals surface area contributed by atoms with Crippen molar-refractivity contribution < 1.29 is 13.7 Å². The molecule has 0 saturated heterocycles. The Kier molecular flexibility index (Phi) is 8.11. The summed E-state index contributed by atoms with van der Waals surface area (Å²) in [6.07, 6.45) is 6.68. The number of allylic oxidation sites excluding steroid dienone is 2. The molecule has 8 heteroatoms. The third-order valence-corrected chi connectivity index (χ3v) is 6.89. The van der Waals surface area contributed by atoms with Crippen molar-refractivity contribution in [3.05, 3.63) is 35.5 Å². The summed E-state index contributed by atoms with van der Waals surface area (Å²) in [6.45, 7) is 10.1. The fraction of sp³-hybridized carbons (Fsp3) is 0.583. The predicted octanol–water partition coefficient (Wildman–Crippen LogP) is 4.13. The van der Waals surface area contributed by atoms with Crippen LogP contribution < -0.4 is 16.2 Å². The highest BCUT2D eigenvalue weighted by Crippen LogP contribution is 2.33. The van der Waals surface area contributed by atoms with Crippen molar-refractivity contribution in [1.29, 1.82) is 0 Å². The van der Waals surface area contributed by atoms with E-state index in [1.165, 1.54) is 0 Å². The molecule has 1 aromatic rings. The molecule has 7 nitrogen and oxygen atoms in total. The van der Waals surface area contributed by atoms with Gasteiger partial charge in [-0.15, -0.1) is 0 Å². The lowest BCUT2D eigenvalue weighted by Gasteiger charge is -2.25. The van der Waals surface area contributed by atoms with Gasteiger partial charge in [0.1, 0.15) is 6.10 Å². The van der Waals surface area contributed by atoms with E-state index in [2.05, 4.69) is 41.9 Å². The molecule has 1 aliphatic carbocycles.